The van der Waals surface area contributed by atoms with E-state index in [1.165, 1.54) is 22.2 Å². The third-order valence-electron chi connectivity index (χ3n) is 5.32. The highest BCUT2D eigenvalue weighted by Gasteiger charge is 2.40. The lowest BCUT2D eigenvalue weighted by atomic mass is 10.1. The van der Waals surface area contributed by atoms with E-state index in [4.69, 9.17) is 4.74 Å². The minimum atomic E-state index is -0.377. The summed E-state index contributed by atoms with van der Waals surface area (Å²) in [6.07, 6.45) is 0.931. The van der Waals surface area contributed by atoms with Crippen molar-refractivity contribution in [1.82, 2.24) is 0 Å². The molecule has 33 heavy (non-hydrogen) atoms. The number of carbonyl (C=O) groups excluding carboxylic acids is 2. The van der Waals surface area contributed by atoms with E-state index < -0.39 is 0 Å². The molecule has 3 aromatic rings. The molecule has 1 aliphatic heterocycles. The number of anilines is 2. The van der Waals surface area contributed by atoms with Crippen molar-refractivity contribution in [3.8, 4) is 5.75 Å². The first-order valence-electron chi connectivity index (χ1n) is 11.0. The first-order valence-corrected chi connectivity index (χ1v) is 11.8. The molecule has 0 aliphatic carbocycles. The van der Waals surface area contributed by atoms with Crippen LogP contribution in [0.2, 0.25) is 0 Å². The summed E-state index contributed by atoms with van der Waals surface area (Å²) in [6, 6.07) is 22.8. The van der Waals surface area contributed by atoms with Gasteiger partial charge in [-0.15, -0.1) is 0 Å². The molecule has 5 nitrogen and oxygen atoms in total. The van der Waals surface area contributed by atoms with Crippen LogP contribution < -0.4 is 15.0 Å². The molecule has 4 rings (SSSR count). The highest BCUT2D eigenvalue weighted by Crippen LogP contribution is 2.38. The number of benzene rings is 3. The van der Waals surface area contributed by atoms with Crippen molar-refractivity contribution in [3.05, 3.63) is 94.5 Å². The molecular formula is C27H26N2O3S. The van der Waals surface area contributed by atoms with Crippen LogP contribution in [0.1, 0.15) is 25.0 Å². The second kappa shape index (κ2) is 9.96. The summed E-state index contributed by atoms with van der Waals surface area (Å²) in [5.41, 5.74) is 3.89. The standard InChI is InChI=1S/C27H26N2O3S/c1-4-19-8-10-20(11-9-19)28-24-25(33-23-16-6-18(3)7-17-23)27(31)29(26(24)30)21-12-14-22(15-13-21)32-5-2/h6-17,28H,4-5H2,1-3H3. The van der Waals surface area contributed by atoms with Crippen molar-refractivity contribution in [2.24, 2.45) is 0 Å². The lowest BCUT2D eigenvalue weighted by molar-refractivity contribution is -0.120. The quantitative estimate of drug-likeness (QED) is 0.423. The van der Waals surface area contributed by atoms with Crippen molar-refractivity contribution in [2.75, 3.05) is 16.8 Å². The molecule has 0 atom stereocenters. The molecule has 0 unspecified atom stereocenters. The van der Waals surface area contributed by atoms with Crippen molar-refractivity contribution >= 4 is 35.0 Å². The molecule has 2 amide bonds. The molecule has 0 saturated heterocycles. The lowest BCUT2D eigenvalue weighted by Gasteiger charge is -2.16. The Balaban J connectivity index is 1.68. The maximum Gasteiger partial charge on any atom is 0.283 e. The number of thioether (sulfide) groups is 1. The van der Waals surface area contributed by atoms with Crippen LogP contribution in [0, 0.1) is 6.92 Å². The number of hydrogen-bond acceptors (Lipinski definition) is 5. The predicted octanol–water partition coefficient (Wildman–Crippen LogP) is 5.95. The maximum absolute atomic E-state index is 13.5. The highest BCUT2D eigenvalue weighted by atomic mass is 32.2. The van der Waals surface area contributed by atoms with E-state index in [0.717, 1.165) is 22.6 Å². The molecule has 1 N–H and O–H groups in total. The summed E-state index contributed by atoms with van der Waals surface area (Å²) in [5, 5.41) is 3.21. The van der Waals surface area contributed by atoms with E-state index in [0.29, 0.717) is 22.9 Å². The van der Waals surface area contributed by atoms with E-state index in [1.807, 2.05) is 62.4 Å². The van der Waals surface area contributed by atoms with E-state index >= 15 is 0 Å². The van der Waals surface area contributed by atoms with Gasteiger partial charge in [0.15, 0.2) is 0 Å². The first-order chi connectivity index (χ1) is 16.0. The monoisotopic (exact) mass is 458 g/mol. The minimum Gasteiger partial charge on any atom is -0.494 e. The Morgan fingerprint density at radius 1 is 0.848 bits per heavy atom. The fourth-order valence-electron chi connectivity index (χ4n) is 3.50. The van der Waals surface area contributed by atoms with Gasteiger partial charge in [-0.2, -0.15) is 0 Å². The van der Waals surface area contributed by atoms with Crippen molar-refractivity contribution in [1.29, 1.82) is 0 Å². The molecule has 0 aromatic heterocycles. The van der Waals surface area contributed by atoms with Crippen LogP contribution in [-0.4, -0.2) is 18.4 Å². The average Bonchev–Trinajstić information content (AvgIpc) is 3.05. The van der Waals surface area contributed by atoms with Gasteiger partial charge in [0.05, 0.1) is 12.3 Å². The zero-order valence-corrected chi connectivity index (χ0v) is 19.7. The molecule has 1 aliphatic rings. The summed E-state index contributed by atoms with van der Waals surface area (Å²) < 4.78 is 5.49. The Bertz CT molecular complexity index is 1180. The molecule has 1 heterocycles. The molecule has 0 bridgehead atoms. The Morgan fingerprint density at radius 2 is 1.52 bits per heavy atom. The van der Waals surface area contributed by atoms with Gasteiger partial charge in [-0.25, -0.2) is 4.90 Å². The number of hydrogen-bond donors (Lipinski definition) is 1. The third-order valence-corrected chi connectivity index (χ3v) is 6.41. The second-order valence-corrected chi connectivity index (χ2v) is 8.75. The summed E-state index contributed by atoms with van der Waals surface area (Å²) in [4.78, 5) is 29.4. The maximum atomic E-state index is 13.5. The summed E-state index contributed by atoms with van der Waals surface area (Å²) in [5.74, 6) is -0.0299. The zero-order valence-electron chi connectivity index (χ0n) is 18.9. The van der Waals surface area contributed by atoms with Crippen LogP contribution >= 0.6 is 11.8 Å². The van der Waals surface area contributed by atoms with Crippen molar-refractivity contribution < 1.29 is 14.3 Å². The Morgan fingerprint density at radius 3 is 2.12 bits per heavy atom. The SMILES string of the molecule is CCOc1ccc(N2C(=O)C(Nc3ccc(CC)cc3)=C(Sc3ccc(C)cc3)C2=O)cc1. The van der Waals surface area contributed by atoms with Crippen LogP contribution in [0.5, 0.6) is 5.75 Å². The third kappa shape index (κ3) is 4.96. The Kier molecular flexibility index (Phi) is 6.84. The van der Waals surface area contributed by atoms with Crippen LogP contribution in [0.25, 0.3) is 0 Å². The molecule has 0 spiro atoms. The number of amides is 2. The van der Waals surface area contributed by atoms with Gasteiger partial charge in [0.25, 0.3) is 11.8 Å². The first kappa shape index (κ1) is 22.7. The van der Waals surface area contributed by atoms with E-state index in [2.05, 4.69) is 12.2 Å². The summed E-state index contributed by atoms with van der Waals surface area (Å²) in [7, 11) is 0. The number of rotatable bonds is 8. The van der Waals surface area contributed by atoms with Crippen molar-refractivity contribution in [2.45, 2.75) is 32.1 Å². The number of nitrogens with zero attached hydrogens (tertiary/aromatic N) is 1. The van der Waals surface area contributed by atoms with Gasteiger partial charge in [0.2, 0.25) is 0 Å². The number of nitrogens with one attached hydrogen (secondary N) is 1. The van der Waals surface area contributed by atoms with E-state index in [9.17, 15) is 9.59 Å². The van der Waals surface area contributed by atoms with Gasteiger partial charge in [-0.05, 0) is 74.4 Å². The Labute approximate surface area is 198 Å². The molecule has 0 fully saturated rings. The lowest BCUT2D eigenvalue weighted by Crippen LogP contribution is -2.32. The van der Waals surface area contributed by atoms with E-state index in [1.54, 1.807) is 24.3 Å². The van der Waals surface area contributed by atoms with Gasteiger partial charge < -0.3 is 10.1 Å². The summed E-state index contributed by atoms with van der Waals surface area (Å²) in [6.45, 7) is 6.56. The largest absolute Gasteiger partial charge is 0.494 e. The van der Waals surface area contributed by atoms with Gasteiger partial charge in [-0.1, -0.05) is 48.5 Å². The van der Waals surface area contributed by atoms with Crippen LogP contribution in [0.3, 0.4) is 0 Å². The highest BCUT2D eigenvalue weighted by molar-refractivity contribution is 8.04. The smallest absolute Gasteiger partial charge is 0.283 e. The normalized spacial score (nSPS) is 13.6. The predicted molar refractivity (Wildman–Crippen MR) is 134 cm³/mol. The fraction of sp³-hybridized carbons (Fsp3) is 0.185. The molecule has 0 saturated carbocycles. The molecule has 168 valence electrons. The number of ether oxygens (including phenoxy) is 1. The average molecular weight is 459 g/mol. The number of imide groups is 1. The van der Waals surface area contributed by atoms with Crippen LogP contribution in [0.15, 0.2) is 88.3 Å². The topological polar surface area (TPSA) is 58.6 Å². The number of carbonyl (C=O) groups is 2. The molecule has 6 heteroatoms. The van der Waals surface area contributed by atoms with Gasteiger partial charge in [0.1, 0.15) is 16.4 Å². The van der Waals surface area contributed by atoms with Gasteiger partial charge >= 0.3 is 0 Å². The number of aryl methyl sites for hydroxylation is 2. The Hall–Kier alpha value is -3.51. The second-order valence-electron chi connectivity index (χ2n) is 7.67. The van der Waals surface area contributed by atoms with Crippen molar-refractivity contribution in [3.63, 3.8) is 0 Å². The zero-order chi connectivity index (χ0) is 23.4. The van der Waals surface area contributed by atoms with Gasteiger partial charge in [-0.3, -0.25) is 9.59 Å². The fourth-order valence-corrected chi connectivity index (χ4v) is 4.43. The van der Waals surface area contributed by atoms with E-state index in [-0.39, 0.29) is 17.5 Å². The summed E-state index contributed by atoms with van der Waals surface area (Å²) >= 11 is 1.30. The molecule has 3 aromatic carbocycles. The minimum absolute atomic E-state index is 0.281. The van der Waals surface area contributed by atoms with Crippen LogP contribution in [-0.2, 0) is 16.0 Å². The molecular weight excluding hydrogens is 432 g/mol. The van der Waals surface area contributed by atoms with Crippen LogP contribution in [0.4, 0.5) is 11.4 Å². The van der Waals surface area contributed by atoms with Gasteiger partial charge in [0, 0.05) is 10.6 Å². The molecule has 0 radical (unpaired) electrons.